The van der Waals surface area contributed by atoms with Crippen molar-refractivity contribution in [2.45, 2.75) is 11.1 Å². The van der Waals surface area contributed by atoms with E-state index in [9.17, 15) is 26.4 Å². The molecule has 0 spiro atoms. The number of benzene rings is 2. The average molecular weight is 400 g/mol. The van der Waals surface area contributed by atoms with Crippen LogP contribution in [0.3, 0.4) is 0 Å². The molecule has 0 bridgehead atoms. The van der Waals surface area contributed by atoms with Crippen LogP contribution >= 0.6 is 0 Å². The summed E-state index contributed by atoms with van der Waals surface area (Å²) in [4.78, 5) is 17.4. The van der Waals surface area contributed by atoms with Gasteiger partial charge in [0, 0.05) is 6.07 Å². The molecule has 2 aromatic carbocycles. The Balaban J connectivity index is 1.93. The Hall–Kier alpha value is -3.08. The molecule has 0 saturated heterocycles. The van der Waals surface area contributed by atoms with Crippen LogP contribution in [0.1, 0.15) is 16.2 Å². The lowest BCUT2D eigenvalue weighted by molar-refractivity contribution is -0.137. The van der Waals surface area contributed by atoms with Gasteiger partial charge in [-0.25, -0.2) is 9.78 Å². The minimum Gasteiger partial charge on any atom is -0.463 e. The quantitative estimate of drug-likeness (QED) is 0.534. The van der Waals surface area contributed by atoms with Crippen molar-refractivity contribution in [3.63, 3.8) is 0 Å². The summed E-state index contributed by atoms with van der Waals surface area (Å²) in [5.74, 6) is -0.976. The Kier molecular flexibility index (Phi) is 4.56. The maximum absolute atomic E-state index is 12.8. The lowest BCUT2D eigenvalue weighted by atomic mass is 10.2. The van der Waals surface area contributed by atoms with E-state index in [2.05, 4.69) is 14.7 Å². The second-order valence-corrected chi connectivity index (χ2v) is 6.87. The molecule has 1 aromatic heterocycles. The van der Waals surface area contributed by atoms with E-state index in [0.717, 1.165) is 18.2 Å². The third-order valence-corrected chi connectivity index (χ3v) is 4.73. The molecule has 0 amide bonds. The van der Waals surface area contributed by atoms with Gasteiger partial charge in [-0.2, -0.15) is 21.6 Å². The summed E-state index contributed by atoms with van der Waals surface area (Å²) in [6.45, 7) is 0. The second-order valence-electron chi connectivity index (χ2n) is 5.32. The highest BCUT2D eigenvalue weighted by Gasteiger charge is 2.32. The van der Waals surface area contributed by atoms with Crippen molar-refractivity contribution < 1.29 is 35.3 Å². The van der Waals surface area contributed by atoms with Gasteiger partial charge in [-0.15, -0.1) is 0 Å². The zero-order chi connectivity index (χ0) is 19.8. The number of fused-ring (bicyclic) bond motifs is 1. The molecule has 0 radical (unpaired) electrons. The lowest BCUT2D eigenvalue weighted by Gasteiger charge is -2.10. The molecule has 0 atom stereocenters. The summed E-state index contributed by atoms with van der Waals surface area (Å²) in [7, 11) is -3.33. The SMILES string of the molecule is COC(=O)c1nc2ccc(OS(=O)(=O)c3cccc(C(F)(F)F)c3)cc2[nH]1. The number of hydrogen-bond donors (Lipinski definition) is 1. The van der Waals surface area contributed by atoms with Gasteiger partial charge in [0.15, 0.2) is 0 Å². The van der Waals surface area contributed by atoms with Crippen LogP contribution in [0.25, 0.3) is 11.0 Å². The van der Waals surface area contributed by atoms with Crippen LogP contribution in [0.5, 0.6) is 5.75 Å². The molecule has 3 rings (SSSR count). The number of aromatic amines is 1. The fraction of sp³-hybridized carbons (Fsp3) is 0.125. The van der Waals surface area contributed by atoms with E-state index in [1.165, 1.54) is 25.3 Å². The molecule has 7 nitrogen and oxygen atoms in total. The molecular weight excluding hydrogens is 389 g/mol. The summed E-state index contributed by atoms with van der Waals surface area (Å²) >= 11 is 0. The Labute approximate surface area is 150 Å². The molecule has 1 heterocycles. The number of imidazole rings is 1. The van der Waals surface area contributed by atoms with E-state index in [0.29, 0.717) is 11.6 Å². The van der Waals surface area contributed by atoms with Gasteiger partial charge in [0.1, 0.15) is 10.6 Å². The van der Waals surface area contributed by atoms with Gasteiger partial charge in [-0.05, 0) is 30.3 Å². The summed E-state index contributed by atoms with van der Waals surface area (Å²) in [5.41, 5.74) is -0.481. The number of rotatable bonds is 4. The number of aromatic nitrogens is 2. The van der Waals surface area contributed by atoms with E-state index in [1.807, 2.05) is 0 Å². The van der Waals surface area contributed by atoms with Crippen molar-refractivity contribution in [1.29, 1.82) is 0 Å². The van der Waals surface area contributed by atoms with Crippen molar-refractivity contribution in [2.75, 3.05) is 7.11 Å². The van der Waals surface area contributed by atoms with Crippen LogP contribution in [-0.4, -0.2) is 31.5 Å². The van der Waals surface area contributed by atoms with Crippen LogP contribution < -0.4 is 4.18 Å². The number of nitrogens with zero attached hydrogens (tertiary/aromatic N) is 1. The first-order valence-corrected chi connectivity index (χ1v) is 8.71. The Morgan fingerprint density at radius 1 is 1.15 bits per heavy atom. The molecule has 0 fully saturated rings. The first-order valence-electron chi connectivity index (χ1n) is 7.30. The van der Waals surface area contributed by atoms with Crippen molar-refractivity contribution in [1.82, 2.24) is 9.97 Å². The standard InChI is InChI=1S/C16H11F3N2O5S/c1-25-15(22)14-20-12-6-5-10(8-13(12)21-14)26-27(23,24)11-4-2-3-9(7-11)16(17,18)19/h2-8H,1H3,(H,20,21). The fourth-order valence-corrected chi connectivity index (χ4v) is 3.21. The highest BCUT2D eigenvalue weighted by Crippen LogP contribution is 2.31. The number of carbonyl (C=O) groups excluding carboxylic acids is 1. The molecule has 1 N–H and O–H groups in total. The van der Waals surface area contributed by atoms with Crippen molar-refractivity contribution in [3.05, 3.63) is 53.9 Å². The topological polar surface area (TPSA) is 98.3 Å². The van der Waals surface area contributed by atoms with Gasteiger partial charge in [-0.3, -0.25) is 0 Å². The summed E-state index contributed by atoms with van der Waals surface area (Å²) in [6.07, 6.45) is -4.69. The van der Waals surface area contributed by atoms with E-state index < -0.39 is 32.7 Å². The fourth-order valence-electron chi connectivity index (χ4n) is 2.24. The molecule has 0 saturated carbocycles. The summed E-state index contributed by atoms with van der Waals surface area (Å²) in [5, 5.41) is 0. The summed E-state index contributed by atoms with van der Waals surface area (Å²) in [6, 6.07) is 7.10. The number of methoxy groups -OCH3 is 1. The lowest BCUT2D eigenvalue weighted by Crippen LogP contribution is -2.12. The zero-order valence-electron chi connectivity index (χ0n) is 13.6. The molecule has 0 aliphatic heterocycles. The Morgan fingerprint density at radius 3 is 2.56 bits per heavy atom. The van der Waals surface area contributed by atoms with Gasteiger partial charge in [0.05, 0.1) is 23.7 Å². The molecular formula is C16H11F3N2O5S. The maximum atomic E-state index is 12.8. The number of alkyl halides is 3. The molecule has 0 aliphatic rings. The van der Waals surface area contributed by atoms with E-state index in [1.54, 1.807) is 0 Å². The zero-order valence-corrected chi connectivity index (χ0v) is 14.4. The molecule has 3 aromatic rings. The minimum absolute atomic E-state index is 0.0922. The molecule has 0 aliphatic carbocycles. The first kappa shape index (κ1) is 18.7. The van der Waals surface area contributed by atoms with Crippen LogP contribution in [0.15, 0.2) is 47.4 Å². The molecule has 0 unspecified atom stereocenters. The predicted molar refractivity (Wildman–Crippen MR) is 86.7 cm³/mol. The van der Waals surface area contributed by atoms with Gasteiger partial charge < -0.3 is 13.9 Å². The van der Waals surface area contributed by atoms with Gasteiger partial charge in [0.25, 0.3) is 0 Å². The largest absolute Gasteiger partial charge is 0.463 e. The van der Waals surface area contributed by atoms with Crippen LogP contribution in [-0.2, 0) is 21.0 Å². The first-order chi connectivity index (χ1) is 12.6. The number of ether oxygens (including phenoxy) is 1. The molecule has 142 valence electrons. The van der Waals surface area contributed by atoms with E-state index in [4.69, 9.17) is 4.18 Å². The third-order valence-electron chi connectivity index (χ3n) is 3.49. The molecule has 27 heavy (non-hydrogen) atoms. The molecule has 11 heteroatoms. The van der Waals surface area contributed by atoms with Crippen LogP contribution in [0.2, 0.25) is 0 Å². The highest BCUT2D eigenvalue weighted by molar-refractivity contribution is 7.87. The van der Waals surface area contributed by atoms with Crippen molar-refractivity contribution in [3.8, 4) is 5.75 Å². The normalized spacial score (nSPS) is 12.1. The highest BCUT2D eigenvalue weighted by atomic mass is 32.2. The minimum atomic E-state index is -4.69. The average Bonchev–Trinajstić information content (AvgIpc) is 3.03. The maximum Gasteiger partial charge on any atom is 0.416 e. The smallest absolute Gasteiger partial charge is 0.416 e. The van der Waals surface area contributed by atoms with Gasteiger partial charge >= 0.3 is 22.3 Å². The number of carbonyl (C=O) groups is 1. The number of H-pyrrole nitrogens is 1. The van der Waals surface area contributed by atoms with Gasteiger partial charge in [0.2, 0.25) is 5.82 Å². The van der Waals surface area contributed by atoms with Crippen molar-refractivity contribution >= 4 is 27.1 Å². The van der Waals surface area contributed by atoms with Gasteiger partial charge in [-0.1, -0.05) is 6.07 Å². The predicted octanol–water partition coefficient (Wildman–Crippen LogP) is 3.14. The number of hydrogen-bond acceptors (Lipinski definition) is 6. The van der Waals surface area contributed by atoms with E-state index >= 15 is 0 Å². The monoisotopic (exact) mass is 400 g/mol. The Bertz CT molecular complexity index is 1120. The Morgan fingerprint density at radius 2 is 1.89 bits per heavy atom. The van der Waals surface area contributed by atoms with Crippen LogP contribution in [0.4, 0.5) is 13.2 Å². The van der Waals surface area contributed by atoms with Crippen LogP contribution in [0, 0.1) is 0 Å². The van der Waals surface area contributed by atoms with E-state index in [-0.39, 0.29) is 17.1 Å². The summed E-state index contributed by atoms with van der Waals surface area (Å²) < 4.78 is 72.3. The number of halogens is 3. The second kappa shape index (κ2) is 6.58. The number of nitrogens with one attached hydrogen (secondary N) is 1. The van der Waals surface area contributed by atoms with Crippen molar-refractivity contribution in [2.24, 2.45) is 0 Å². The third kappa shape index (κ3) is 3.87. The number of esters is 1.